The van der Waals surface area contributed by atoms with Gasteiger partial charge in [-0.05, 0) is 12.1 Å². The molecule has 0 spiro atoms. The van der Waals surface area contributed by atoms with Crippen LogP contribution in [0.3, 0.4) is 0 Å². The number of nitrogens with two attached hydrogens (primary N) is 1. The highest BCUT2D eigenvalue weighted by Crippen LogP contribution is 2.17. The largest absolute Gasteiger partial charge is 0.397 e. The number of benzene rings is 1. The molecule has 1 heterocycles. The fourth-order valence-electron chi connectivity index (χ4n) is 1.28. The van der Waals surface area contributed by atoms with Crippen molar-refractivity contribution in [2.45, 2.75) is 0 Å². The van der Waals surface area contributed by atoms with Crippen LogP contribution in [0, 0.1) is 5.82 Å². The summed E-state index contributed by atoms with van der Waals surface area (Å²) in [5.74, 6) is -0.734. The highest BCUT2D eigenvalue weighted by Gasteiger charge is 2.13. The van der Waals surface area contributed by atoms with Crippen molar-refractivity contribution in [1.82, 2.24) is 14.8 Å². The number of anilines is 1. The van der Waals surface area contributed by atoms with Gasteiger partial charge in [0.25, 0.3) is 0 Å². The highest BCUT2D eigenvalue weighted by molar-refractivity contribution is 5.57. The second-order valence-corrected chi connectivity index (χ2v) is 2.87. The zero-order chi connectivity index (χ0) is 11.0. The molecule has 78 valence electrons. The van der Waals surface area contributed by atoms with Crippen LogP contribution >= 0.6 is 0 Å². The molecule has 6 nitrogen and oxygen atoms in total. The molecule has 4 N–H and O–H groups in total. The second kappa shape index (κ2) is 3.12. The summed E-state index contributed by atoms with van der Waals surface area (Å²) in [6, 6.07) is 3.90. The first kappa shape index (κ1) is 9.25. The van der Waals surface area contributed by atoms with E-state index in [2.05, 4.69) is 0 Å². The average Bonchev–Trinajstić information content (AvgIpc) is 2.49. The SMILES string of the molecule is Nc1cccc(F)c1-n1c(=O)[nH][nH]c1=O. The van der Waals surface area contributed by atoms with Crippen molar-refractivity contribution in [3.8, 4) is 5.69 Å². The molecular weight excluding hydrogens is 203 g/mol. The molecule has 0 aliphatic carbocycles. The zero-order valence-electron chi connectivity index (χ0n) is 7.45. The predicted octanol–water partition coefficient (Wildman–Crippen LogP) is -0.425. The molecule has 0 amide bonds. The number of rotatable bonds is 1. The van der Waals surface area contributed by atoms with Gasteiger partial charge in [-0.2, -0.15) is 0 Å². The van der Waals surface area contributed by atoms with Crippen molar-refractivity contribution in [3.63, 3.8) is 0 Å². The summed E-state index contributed by atoms with van der Waals surface area (Å²) in [6.07, 6.45) is 0. The first-order chi connectivity index (χ1) is 7.11. The van der Waals surface area contributed by atoms with Crippen LogP contribution in [0.1, 0.15) is 0 Å². The summed E-state index contributed by atoms with van der Waals surface area (Å²) in [5, 5.41) is 4.08. The third-order valence-electron chi connectivity index (χ3n) is 1.92. The van der Waals surface area contributed by atoms with E-state index in [-0.39, 0.29) is 11.4 Å². The Kier molecular flexibility index (Phi) is 1.93. The summed E-state index contributed by atoms with van der Waals surface area (Å²) in [4.78, 5) is 22.4. The molecule has 7 heteroatoms. The number of H-pyrrole nitrogens is 2. The monoisotopic (exact) mass is 210 g/mol. The van der Waals surface area contributed by atoms with Crippen LogP contribution in [0.2, 0.25) is 0 Å². The summed E-state index contributed by atoms with van der Waals surface area (Å²) < 4.78 is 14.0. The molecule has 2 aromatic rings. The molecule has 0 bridgehead atoms. The Labute approximate surface area is 82.1 Å². The molecule has 0 saturated heterocycles. The number of aromatic amines is 2. The van der Waals surface area contributed by atoms with Crippen molar-refractivity contribution >= 4 is 5.69 Å². The maximum Gasteiger partial charge on any atom is 0.349 e. The van der Waals surface area contributed by atoms with Crippen molar-refractivity contribution in [2.75, 3.05) is 5.73 Å². The molecule has 1 aromatic heterocycles. The Morgan fingerprint density at radius 1 is 1.20 bits per heavy atom. The second-order valence-electron chi connectivity index (χ2n) is 2.87. The lowest BCUT2D eigenvalue weighted by molar-refractivity contribution is 0.615. The standard InChI is InChI=1S/C8H7FN4O2/c9-4-2-1-3-5(10)6(4)13-7(14)11-12-8(13)15/h1-3H,10H2,(H,11,14)(H,12,15). The molecule has 0 unspecified atom stereocenters. The first-order valence-electron chi connectivity index (χ1n) is 4.05. The van der Waals surface area contributed by atoms with E-state index >= 15 is 0 Å². The number of para-hydroxylation sites is 1. The predicted molar refractivity (Wildman–Crippen MR) is 51.4 cm³/mol. The van der Waals surface area contributed by atoms with E-state index in [1.807, 2.05) is 10.2 Å². The van der Waals surface area contributed by atoms with Crippen LogP contribution in [0.5, 0.6) is 0 Å². The average molecular weight is 210 g/mol. The molecule has 0 aliphatic rings. The van der Waals surface area contributed by atoms with Gasteiger partial charge in [0, 0.05) is 0 Å². The fraction of sp³-hybridized carbons (Fsp3) is 0. The molecule has 0 saturated carbocycles. The fourth-order valence-corrected chi connectivity index (χ4v) is 1.28. The van der Waals surface area contributed by atoms with E-state index in [4.69, 9.17) is 5.73 Å². The van der Waals surface area contributed by atoms with Crippen LogP contribution in [0.4, 0.5) is 10.1 Å². The maximum absolute atomic E-state index is 13.4. The Morgan fingerprint density at radius 3 is 2.33 bits per heavy atom. The van der Waals surface area contributed by atoms with Gasteiger partial charge in [0.2, 0.25) is 0 Å². The number of nitrogen functional groups attached to an aromatic ring is 1. The molecule has 0 fully saturated rings. The van der Waals surface area contributed by atoms with Gasteiger partial charge in [-0.1, -0.05) is 6.07 Å². The molecule has 15 heavy (non-hydrogen) atoms. The van der Waals surface area contributed by atoms with Gasteiger partial charge >= 0.3 is 11.4 Å². The van der Waals surface area contributed by atoms with Gasteiger partial charge in [-0.25, -0.2) is 28.7 Å². The van der Waals surface area contributed by atoms with E-state index in [1.165, 1.54) is 12.1 Å². The van der Waals surface area contributed by atoms with Crippen LogP contribution < -0.4 is 17.1 Å². The van der Waals surface area contributed by atoms with Crippen LogP contribution in [0.15, 0.2) is 27.8 Å². The zero-order valence-corrected chi connectivity index (χ0v) is 7.45. The van der Waals surface area contributed by atoms with E-state index in [9.17, 15) is 14.0 Å². The molecular formula is C8H7FN4O2. The van der Waals surface area contributed by atoms with E-state index in [0.717, 1.165) is 6.07 Å². The number of aromatic nitrogens is 3. The number of hydrogen-bond donors (Lipinski definition) is 3. The number of nitrogens with zero attached hydrogens (tertiary/aromatic N) is 1. The van der Waals surface area contributed by atoms with Gasteiger partial charge in [-0.15, -0.1) is 0 Å². The lowest BCUT2D eigenvalue weighted by atomic mass is 10.2. The van der Waals surface area contributed by atoms with Crippen LogP contribution in [-0.2, 0) is 0 Å². The van der Waals surface area contributed by atoms with E-state index in [1.54, 1.807) is 0 Å². The molecule has 2 rings (SSSR count). The van der Waals surface area contributed by atoms with Gasteiger partial charge in [0.15, 0.2) is 0 Å². The van der Waals surface area contributed by atoms with Crippen LogP contribution in [-0.4, -0.2) is 14.8 Å². The minimum atomic E-state index is -0.767. The van der Waals surface area contributed by atoms with Gasteiger partial charge in [-0.3, -0.25) is 0 Å². The van der Waals surface area contributed by atoms with Gasteiger partial charge in [0.05, 0.1) is 5.69 Å². The van der Waals surface area contributed by atoms with E-state index in [0.29, 0.717) is 4.57 Å². The first-order valence-corrected chi connectivity index (χ1v) is 4.05. The summed E-state index contributed by atoms with van der Waals surface area (Å²) >= 11 is 0. The lowest BCUT2D eigenvalue weighted by Gasteiger charge is -2.04. The van der Waals surface area contributed by atoms with Crippen molar-refractivity contribution in [3.05, 3.63) is 45.0 Å². The summed E-state index contributed by atoms with van der Waals surface area (Å²) in [7, 11) is 0. The Hall–Kier alpha value is -2.31. The van der Waals surface area contributed by atoms with E-state index < -0.39 is 17.2 Å². The van der Waals surface area contributed by atoms with Crippen molar-refractivity contribution < 1.29 is 4.39 Å². The minimum Gasteiger partial charge on any atom is -0.397 e. The van der Waals surface area contributed by atoms with Gasteiger partial charge in [0.1, 0.15) is 11.5 Å². The Balaban J connectivity index is 2.86. The maximum atomic E-state index is 13.4. The minimum absolute atomic E-state index is 0.0159. The molecule has 1 aromatic carbocycles. The summed E-state index contributed by atoms with van der Waals surface area (Å²) in [5.41, 5.74) is 3.72. The smallest absolute Gasteiger partial charge is 0.349 e. The molecule has 0 radical (unpaired) electrons. The quantitative estimate of drug-likeness (QED) is 0.557. The molecule has 0 atom stereocenters. The van der Waals surface area contributed by atoms with Gasteiger partial charge < -0.3 is 5.73 Å². The van der Waals surface area contributed by atoms with Crippen LogP contribution in [0.25, 0.3) is 5.69 Å². The number of halogens is 1. The summed E-state index contributed by atoms with van der Waals surface area (Å²) in [6.45, 7) is 0. The number of nitrogens with one attached hydrogen (secondary N) is 2. The normalized spacial score (nSPS) is 10.5. The highest BCUT2D eigenvalue weighted by atomic mass is 19.1. The number of hydrogen-bond acceptors (Lipinski definition) is 3. The Morgan fingerprint density at radius 2 is 1.80 bits per heavy atom. The van der Waals surface area contributed by atoms with Crippen molar-refractivity contribution in [1.29, 1.82) is 0 Å². The van der Waals surface area contributed by atoms with Crippen molar-refractivity contribution in [2.24, 2.45) is 0 Å². The molecule has 0 aliphatic heterocycles. The lowest BCUT2D eigenvalue weighted by Crippen LogP contribution is -2.26. The third kappa shape index (κ3) is 1.33. The topological polar surface area (TPSA) is 96.7 Å². The Bertz CT molecular complexity index is 562. The third-order valence-corrected chi connectivity index (χ3v) is 1.92.